The van der Waals surface area contributed by atoms with Crippen LogP contribution in [0.15, 0.2) is 22.7 Å². The van der Waals surface area contributed by atoms with Gasteiger partial charge >= 0.3 is 0 Å². The Hall–Kier alpha value is -0.590. The van der Waals surface area contributed by atoms with E-state index in [1.807, 2.05) is 19.1 Å². The van der Waals surface area contributed by atoms with Crippen molar-refractivity contribution in [1.82, 2.24) is 5.32 Å². The number of piperidine rings is 1. The van der Waals surface area contributed by atoms with Crippen LogP contribution < -0.4 is 10.0 Å². The van der Waals surface area contributed by atoms with E-state index in [2.05, 4.69) is 26.0 Å². The second kappa shape index (κ2) is 6.24. The maximum Gasteiger partial charge on any atom is 0.234 e. The molecule has 1 atom stereocenters. The molecule has 1 heterocycles. The molecule has 0 aliphatic carbocycles. The van der Waals surface area contributed by atoms with Gasteiger partial charge in [0.15, 0.2) is 0 Å². The van der Waals surface area contributed by atoms with Gasteiger partial charge in [-0.15, -0.1) is 0 Å². The fourth-order valence-electron chi connectivity index (χ4n) is 2.24. The van der Waals surface area contributed by atoms with Crippen molar-refractivity contribution < 1.29 is 8.42 Å². The molecule has 0 bridgehead atoms. The number of halogens is 1. The summed E-state index contributed by atoms with van der Waals surface area (Å²) in [4.78, 5) is 0. The van der Waals surface area contributed by atoms with Crippen molar-refractivity contribution in [2.45, 2.75) is 32.2 Å². The molecule has 1 saturated heterocycles. The van der Waals surface area contributed by atoms with Gasteiger partial charge in [-0.3, -0.25) is 4.72 Å². The van der Waals surface area contributed by atoms with Crippen LogP contribution in [0.25, 0.3) is 0 Å². The summed E-state index contributed by atoms with van der Waals surface area (Å²) in [6, 6.07) is 5.64. The summed E-state index contributed by atoms with van der Waals surface area (Å²) in [7, 11) is -3.31. The van der Waals surface area contributed by atoms with Crippen molar-refractivity contribution in [2.24, 2.45) is 0 Å². The van der Waals surface area contributed by atoms with E-state index in [0.717, 1.165) is 35.8 Å². The number of sulfonamides is 1. The van der Waals surface area contributed by atoms with E-state index in [-0.39, 0.29) is 11.8 Å². The molecule has 19 heavy (non-hydrogen) atoms. The standard InChI is InChI=1S/C13H19BrN2O2S/c1-10-5-6-13(12(14)8-10)16-19(17,18)9-11-4-2-3-7-15-11/h5-6,8,11,15-16H,2-4,7,9H2,1H3. The zero-order valence-corrected chi connectivity index (χ0v) is 13.4. The number of anilines is 1. The molecule has 1 aromatic carbocycles. The summed E-state index contributed by atoms with van der Waals surface area (Å²) in [5.41, 5.74) is 1.69. The Bertz CT molecular complexity index is 540. The molecule has 0 radical (unpaired) electrons. The van der Waals surface area contributed by atoms with Crippen LogP contribution in [0, 0.1) is 6.92 Å². The molecule has 4 nitrogen and oxygen atoms in total. The van der Waals surface area contributed by atoms with Gasteiger partial charge in [0.2, 0.25) is 10.0 Å². The van der Waals surface area contributed by atoms with Gasteiger partial charge < -0.3 is 5.32 Å². The highest BCUT2D eigenvalue weighted by molar-refractivity contribution is 9.10. The maximum atomic E-state index is 12.1. The van der Waals surface area contributed by atoms with E-state index >= 15 is 0 Å². The van der Waals surface area contributed by atoms with Crippen molar-refractivity contribution >= 4 is 31.6 Å². The Labute approximate surface area is 123 Å². The van der Waals surface area contributed by atoms with Gasteiger partial charge in [-0.05, 0) is 59.9 Å². The van der Waals surface area contributed by atoms with Crippen molar-refractivity contribution in [1.29, 1.82) is 0 Å². The molecule has 0 aromatic heterocycles. The predicted octanol–water partition coefficient (Wildman–Crippen LogP) is 2.64. The predicted molar refractivity (Wildman–Crippen MR) is 81.9 cm³/mol. The topological polar surface area (TPSA) is 58.2 Å². The monoisotopic (exact) mass is 346 g/mol. The van der Waals surface area contributed by atoms with Gasteiger partial charge in [-0.2, -0.15) is 0 Å². The first-order valence-electron chi connectivity index (χ1n) is 6.46. The molecule has 1 unspecified atom stereocenters. The number of nitrogens with one attached hydrogen (secondary N) is 2. The molecular weight excluding hydrogens is 328 g/mol. The Kier molecular flexibility index (Phi) is 4.86. The lowest BCUT2D eigenvalue weighted by Gasteiger charge is -2.23. The van der Waals surface area contributed by atoms with E-state index in [0.29, 0.717) is 5.69 Å². The van der Waals surface area contributed by atoms with Crippen LogP contribution in [0.5, 0.6) is 0 Å². The highest BCUT2D eigenvalue weighted by Gasteiger charge is 2.21. The number of rotatable bonds is 4. The molecule has 6 heteroatoms. The fourth-order valence-corrected chi connectivity index (χ4v) is 4.38. The SMILES string of the molecule is Cc1ccc(NS(=O)(=O)CC2CCCCN2)c(Br)c1. The molecule has 2 rings (SSSR count). The molecule has 1 fully saturated rings. The first-order chi connectivity index (χ1) is 8.96. The minimum Gasteiger partial charge on any atom is -0.313 e. The van der Waals surface area contributed by atoms with Crippen LogP contribution in [-0.4, -0.2) is 26.8 Å². The van der Waals surface area contributed by atoms with Gasteiger partial charge in [-0.1, -0.05) is 12.5 Å². The minimum absolute atomic E-state index is 0.0653. The first kappa shape index (κ1) is 14.8. The molecule has 0 saturated carbocycles. The Balaban J connectivity index is 2.03. The Morgan fingerprint density at radius 1 is 1.42 bits per heavy atom. The largest absolute Gasteiger partial charge is 0.313 e. The van der Waals surface area contributed by atoms with Gasteiger partial charge in [0, 0.05) is 10.5 Å². The third-order valence-corrected chi connectivity index (χ3v) is 5.25. The number of hydrogen-bond donors (Lipinski definition) is 2. The normalized spacial score (nSPS) is 20.2. The van der Waals surface area contributed by atoms with Crippen molar-refractivity contribution in [3.63, 3.8) is 0 Å². The molecule has 2 N–H and O–H groups in total. The fraction of sp³-hybridized carbons (Fsp3) is 0.538. The maximum absolute atomic E-state index is 12.1. The summed E-state index contributed by atoms with van der Waals surface area (Å²) in [5.74, 6) is 0.132. The first-order valence-corrected chi connectivity index (χ1v) is 8.91. The third-order valence-electron chi connectivity index (χ3n) is 3.22. The molecule has 0 amide bonds. The lowest BCUT2D eigenvalue weighted by molar-refractivity contribution is 0.424. The van der Waals surface area contributed by atoms with Crippen LogP contribution in [0.1, 0.15) is 24.8 Å². The molecule has 1 aromatic rings. The smallest absolute Gasteiger partial charge is 0.234 e. The second-order valence-corrected chi connectivity index (χ2v) is 7.63. The molecular formula is C13H19BrN2O2S. The third kappa shape index (κ3) is 4.47. The van der Waals surface area contributed by atoms with E-state index < -0.39 is 10.0 Å². The van der Waals surface area contributed by atoms with Crippen LogP contribution in [0.4, 0.5) is 5.69 Å². The summed E-state index contributed by atoms with van der Waals surface area (Å²) in [6.45, 7) is 2.88. The van der Waals surface area contributed by atoms with E-state index in [4.69, 9.17) is 0 Å². The lowest BCUT2D eigenvalue weighted by Crippen LogP contribution is -2.40. The number of benzene rings is 1. The van der Waals surface area contributed by atoms with E-state index in [9.17, 15) is 8.42 Å². The van der Waals surface area contributed by atoms with Crippen LogP contribution in [0.2, 0.25) is 0 Å². The average molecular weight is 347 g/mol. The number of aryl methyl sites for hydroxylation is 1. The molecule has 0 spiro atoms. The highest BCUT2D eigenvalue weighted by Crippen LogP contribution is 2.24. The summed E-state index contributed by atoms with van der Waals surface area (Å²) in [5, 5.41) is 3.25. The Morgan fingerprint density at radius 3 is 2.84 bits per heavy atom. The van der Waals surface area contributed by atoms with Gasteiger partial charge in [0.1, 0.15) is 0 Å². The highest BCUT2D eigenvalue weighted by atomic mass is 79.9. The summed E-state index contributed by atoms with van der Waals surface area (Å²) in [6.07, 6.45) is 3.16. The van der Waals surface area contributed by atoms with Crippen LogP contribution in [-0.2, 0) is 10.0 Å². The van der Waals surface area contributed by atoms with Crippen molar-refractivity contribution in [3.05, 3.63) is 28.2 Å². The quantitative estimate of drug-likeness (QED) is 0.880. The second-order valence-electron chi connectivity index (χ2n) is 5.01. The van der Waals surface area contributed by atoms with Gasteiger partial charge in [-0.25, -0.2) is 8.42 Å². The van der Waals surface area contributed by atoms with E-state index in [1.54, 1.807) is 6.07 Å². The average Bonchev–Trinajstić information content (AvgIpc) is 2.33. The molecule has 1 aliphatic rings. The zero-order valence-electron chi connectivity index (χ0n) is 10.9. The number of hydrogen-bond acceptors (Lipinski definition) is 3. The molecule has 106 valence electrons. The summed E-state index contributed by atoms with van der Waals surface area (Å²) < 4.78 is 27.7. The Morgan fingerprint density at radius 2 is 2.21 bits per heavy atom. The van der Waals surface area contributed by atoms with Crippen molar-refractivity contribution in [2.75, 3.05) is 17.0 Å². The zero-order chi connectivity index (χ0) is 13.9. The lowest BCUT2D eigenvalue weighted by atomic mass is 10.1. The summed E-state index contributed by atoms with van der Waals surface area (Å²) >= 11 is 3.38. The minimum atomic E-state index is -3.31. The van der Waals surface area contributed by atoms with Gasteiger partial charge in [0.05, 0.1) is 11.4 Å². The van der Waals surface area contributed by atoms with Crippen molar-refractivity contribution in [3.8, 4) is 0 Å². The van der Waals surface area contributed by atoms with E-state index in [1.165, 1.54) is 0 Å². The van der Waals surface area contributed by atoms with Crippen LogP contribution >= 0.6 is 15.9 Å². The van der Waals surface area contributed by atoms with Gasteiger partial charge in [0.25, 0.3) is 0 Å². The van der Waals surface area contributed by atoms with Crippen LogP contribution in [0.3, 0.4) is 0 Å². The molecule has 1 aliphatic heterocycles.